The summed E-state index contributed by atoms with van der Waals surface area (Å²) in [6, 6.07) is 6.36. The second kappa shape index (κ2) is 9.40. The zero-order valence-corrected chi connectivity index (χ0v) is 15.7. The summed E-state index contributed by atoms with van der Waals surface area (Å²) >= 11 is 0.750. The number of piperidine rings is 1. The Morgan fingerprint density at radius 2 is 2.00 bits per heavy atom. The molecule has 1 aromatic carbocycles. The van der Waals surface area contributed by atoms with Crippen molar-refractivity contribution in [3.63, 3.8) is 0 Å². The van der Waals surface area contributed by atoms with Gasteiger partial charge in [-0.3, -0.25) is 25.0 Å². The lowest BCUT2D eigenvalue weighted by Gasteiger charge is -2.21. The van der Waals surface area contributed by atoms with E-state index in [-0.39, 0.29) is 45.7 Å². The number of nitrogens with zero attached hydrogens (tertiary/aromatic N) is 2. The summed E-state index contributed by atoms with van der Waals surface area (Å²) in [6.07, 6.45) is 2.45. The average molecular weight is 413 g/mol. The van der Waals surface area contributed by atoms with Crippen LogP contribution in [0, 0.1) is 16.0 Å². The van der Waals surface area contributed by atoms with Gasteiger partial charge < -0.3 is 10.1 Å². The first kappa shape index (κ1) is 20.7. The van der Waals surface area contributed by atoms with Crippen LogP contribution >= 0.6 is 23.7 Å². The minimum Gasteiger partial charge on any atom is -0.425 e. The van der Waals surface area contributed by atoms with Crippen molar-refractivity contribution in [2.75, 3.05) is 18.4 Å². The highest BCUT2D eigenvalue weighted by atomic mass is 35.5. The molecule has 1 saturated heterocycles. The highest BCUT2D eigenvalue weighted by molar-refractivity contribution is 7.18. The van der Waals surface area contributed by atoms with Gasteiger partial charge in [0, 0.05) is 0 Å². The fourth-order valence-corrected chi connectivity index (χ4v) is 3.19. The molecule has 0 unspecified atom stereocenters. The van der Waals surface area contributed by atoms with E-state index in [4.69, 9.17) is 4.74 Å². The second-order valence-corrected chi connectivity index (χ2v) is 6.67. The predicted octanol–water partition coefficient (Wildman–Crippen LogP) is 2.63. The summed E-state index contributed by atoms with van der Waals surface area (Å²) < 4.78 is 5.43. The van der Waals surface area contributed by atoms with E-state index >= 15 is 0 Å². The molecule has 2 heterocycles. The van der Waals surface area contributed by atoms with Crippen molar-refractivity contribution in [3.8, 4) is 5.75 Å². The molecular weight excluding hydrogens is 396 g/mol. The zero-order valence-electron chi connectivity index (χ0n) is 14.0. The van der Waals surface area contributed by atoms with Crippen LogP contribution in [0.5, 0.6) is 5.75 Å². The third-order valence-electron chi connectivity index (χ3n) is 3.91. The molecule has 27 heavy (non-hydrogen) atoms. The number of amides is 1. The molecule has 144 valence electrons. The zero-order chi connectivity index (χ0) is 18.5. The summed E-state index contributed by atoms with van der Waals surface area (Å²) in [4.78, 5) is 38.7. The molecule has 2 N–H and O–H groups in total. The van der Waals surface area contributed by atoms with Crippen LogP contribution < -0.4 is 15.4 Å². The van der Waals surface area contributed by atoms with Crippen molar-refractivity contribution >= 4 is 45.8 Å². The van der Waals surface area contributed by atoms with Crippen molar-refractivity contribution < 1.29 is 19.2 Å². The van der Waals surface area contributed by atoms with Gasteiger partial charge in [0.05, 0.1) is 16.4 Å². The van der Waals surface area contributed by atoms with E-state index in [9.17, 15) is 19.7 Å². The second-order valence-electron chi connectivity index (χ2n) is 5.66. The molecule has 1 aromatic heterocycles. The van der Waals surface area contributed by atoms with Gasteiger partial charge in [0.25, 0.3) is 5.91 Å². The molecule has 9 nitrogen and oxygen atoms in total. The lowest BCUT2D eigenvalue weighted by molar-refractivity contribution is -0.380. The number of carbonyl (C=O) groups excluding carboxylic acids is 2. The monoisotopic (exact) mass is 412 g/mol. The number of rotatable bonds is 5. The van der Waals surface area contributed by atoms with Gasteiger partial charge in [0.15, 0.2) is 5.13 Å². The quantitative estimate of drug-likeness (QED) is 0.335. The van der Waals surface area contributed by atoms with Crippen molar-refractivity contribution in [1.29, 1.82) is 0 Å². The number of anilines is 1. The number of nitro groups is 1. The van der Waals surface area contributed by atoms with E-state index in [1.54, 1.807) is 12.1 Å². The van der Waals surface area contributed by atoms with Gasteiger partial charge in [-0.2, -0.15) is 0 Å². The van der Waals surface area contributed by atoms with Gasteiger partial charge in [-0.1, -0.05) is 12.1 Å². The number of halogens is 1. The Labute approximate surface area is 164 Å². The van der Waals surface area contributed by atoms with Gasteiger partial charge in [0.1, 0.15) is 11.9 Å². The van der Waals surface area contributed by atoms with Gasteiger partial charge in [-0.05, 0) is 49.4 Å². The van der Waals surface area contributed by atoms with Crippen LogP contribution in [-0.4, -0.2) is 34.9 Å². The van der Waals surface area contributed by atoms with E-state index in [1.165, 1.54) is 12.1 Å². The standard InChI is InChI=1S/C16H16N4O5S.ClH/c21-14(19-16-18-9-13(26-16)20(23)24)11-3-1-2-4-12(11)25-15(22)10-5-7-17-8-6-10;/h1-4,9-10,17H,5-8H2,(H,18,19,21);1H. The maximum atomic E-state index is 12.5. The van der Waals surface area contributed by atoms with Crippen LogP contribution in [0.2, 0.25) is 0 Å². The molecule has 1 fully saturated rings. The maximum Gasteiger partial charge on any atom is 0.345 e. The fraction of sp³-hybridized carbons (Fsp3) is 0.312. The molecule has 0 saturated carbocycles. The van der Waals surface area contributed by atoms with Crippen molar-refractivity contribution in [1.82, 2.24) is 10.3 Å². The van der Waals surface area contributed by atoms with E-state index in [2.05, 4.69) is 15.6 Å². The molecule has 3 rings (SSSR count). The molecule has 0 atom stereocenters. The Balaban J connectivity index is 0.00000261. The number of esters is 1. The lowest BCUT2D eigenvalue weighted by atomic mass is 9.98. The Bertz CT molecular complexity index is 838. The molecule has 0 spiro atoms. The first-order chi connectivity index (χ1) is 12.5. The Morgan fingerprint density at radius 1 is 1.30 bits per heavy atom. The van der Waals surface area contributed by atoms with Crippen LogP contribution in [0.1, 0.15) is 23.2 Å². The third kappa shape index (κ3) is 5.22. The Hall–Kier alpha value is -2.56. The predicted molar refractivity (Wildman–Crippen MR) is 102 cm³/mol. The first-order valence-corrected chi connectivity index (χ1v) is 8.79. The van der Waals surface area contributed by atoms with Crippen LogP contribution in [0.4, 0.5) is 10.1 Å². The van der Waals surface area contributed by atoms with Gasteiger partial charge >= 0.3 is 11.0 Å². The molecule has 0 aliphatic carbocycles. The number of carbonyl (C=O) groups is 2. The highest BCUT2D eigenvalue weighted by Crippen LogP contribution is 2.27. The van der Waals surface area contributed by atoms with E-state index in [0.717, 1.165) is 30.6 Å². The third-order valence-corrected chi connectivity index (χ3v) is 4.77. The maximum absolute atomic E-state index is 12.5. The van der Waals surface area contributed by atoms with Crippen LogP contribution in [0.15, 0.2) is 30.5 Å². The molecule has 0 radical (unpaired) electrons. The van der Waals surface area contributed by atoms with E-state index < -0.39 is 10.8 Å². The summed E-state index contributed by atoms with van der Waals surface area (Å²) in [5, 5.41) is 16.3. The minimum atomic E-state index is -0.581. The molecule has 1 aliphatic rings. The number of thiazole rings is 1. The Morgan fingerprint density at radius 3 is 2.67 bits per heavy atom. The average Bonchev–Trinajstić information content (AvgIpc) is 3.11. The van der Waals surface area contributed by atoms with Crippen molar-refractivity contribution in [2.24, 2.45) is 5.92 Å². The van der Waals surface area contributed by atoms with E-state index in [1.807, 2.05) is 0 Å². The topological polar surface area (TPSA) is 123 Å². The summed E-state index contributed by atoms with van der Waals surface area (Å²) in [7, 11) is 0. The first-order valence-electron chi connectivity index (χ1n) is 7.97. The fourth-order valence-electron chi connectivity index (χ4n) is 2.56. The van der Waals surface area contributed by atoms with Crippen LogP contribution in [-0.2, 0) is 4.79 Å². The molecular formula is C16H17ClN4O5S. The SMILES string of the molecule is Cl.O=C(Nc1ncc([N+](=O)[O-])s1)c1ccccc1OC(=O)C1CCNCC1. The van der Waals surface area contributed by atoms with Crippen LogP contribution in [0.3, 0.4) is 0 Å². The molecule has 1 amide bonds. The smallest absolute Gasteiger partial charge is 0.345 e. The van der Waals surface area contributed by atoms with Crippen molar-refractivity contribution in [2.45, 2.75) is 12.8 Å². The number of ether oxygens (including phenoxy) is 1. The van der Waals surface area contributed by atoms with Gasteiger partial charge in [-0.25, -0.2) is 4.98 Å². The van der Waals surface area contributed by atoms with E-state index in [0.29, 0.717) is 12.8 Å². The van der Waals surface area contributed by atoms with Crippen molar-refractivity contribution in [3.05, 3.63) is 46.1 Å². The minimum absolute atomic E-state index is 0. The number of nitrogens with one attached hydrogen (secondary N) is 2. The number of aromatic nitrogens is 1. The molecule has 11 heteroatoms. The molecule has 2 aromatic rings. The summed E-state index contributed by atoms with van der Waals surface area (Å²) in [6.45, 7) is 1.51. The summed E-state index contributed by atoms with van der Waals surface area (Å²) in [5.41, 5.74) is 0.160. The summed E-state index contributed by atoms with van der Waals surface area (Å²) in [5.74, 6) is -0.965. The number of hydrogen-bond donors (Lipinski definition) is 2. The largest absolute Gasteiger partial charge is 0.425 e. The number of benzene rings is 1. The van der Waals surface area contributed by atoms with Crippen LogP contribution in [0.25, 0.3) is 0 Å². The molecule has 1 aliphatic heterocycles. The highest BCUT2D eigenvalue weighted by Gasteiger charge is 2.25. The lowest BCUT2D eigenvalue weighted by Crippen LogP contribution is -2.34. The normalized spacial score (nSPS) is 14.1. The number of para-hydroxylation sites is 1. The van der Waals surface area contributed by atoms with Gasteiger partial charge in [-0.15, -0.1) is 12.4 Å². The van der Waals surface area contributed by atoms with Gasteiger partial charge in [0.2, 0.25) is 0 Å². The Kier molecular flexibility index (Phi) is 7.22. The molecule has 0 bridgehead atoms. The number of hydrogen-bond acceptors (Lipinski definition) is 8.